The predicted molar refractivity (Wildman–Crippen MR) is 143 cm³/mol. The van der Waals surface area contributed by atoms with Crippen molar-refractivity contribution in [3.63, 3.8) is 0 Å². The van der Waals surface area contributed by atoms with Crippen LogP contribution in [0.4, 0.5) is 14.5 Å². The average molecular weight is 480 g/mol. The van der Waals surface area contributed by atoms with Crippen molar-refractivity contribution in [3.8, 4) is 6.07 Å². The lowest BCUT2D eigenvalue weighted by atomic mass is 9.72. The van der Waals surface area contributed by atoms with Crippen molar-refractivity contribution < 1.29 is 8.78 Å². The Morgan fingerprint density at radius 3 is 2.31 bits per heavy atom. The van der Waals surface area contributed by atoms with Crippen LogP contribution in [0.25, 0.3) is 17.2 Å². The first-order valence-electron chi connectivity index (χ1n) is 11.8. The van der Waals surface area contributed by atoms with Gasteiger partial charge in [0.15, 0.2) is 0 Å². The van der Waals surface area contributed by atoms with E-state index in [1.807, 2.05) is 49.4 Å². The molecule has 1 saturated carbocycles. The highest BCUT2D eigenvalue weighted by Gasteiger charge is 2.29. The van der Waals surface area contributed by atoms with Crippen molar-refractivity contribution in [1.29, 1.82) is 10.7 Å². The van der Waals surface area contributed by atoms with E-state index in [-0.39, 0.29) is 22.7 Å². The fraction of sp³-hybridized carbons (Fsp3) is 0.161. The summed E-state index contributed by atoms with van der Waals surface area (Å²) in [6.07, 6.45) is 6.73. The second-order valence-electron chi connectivity index (χ2n) is 9.14. The fourth-order valence-electron chi connectivity index (χ4n) is 4.44. The molecule has 0 amide bonds. The number of allylic oxidation sites excluding steroid dienone is 3. The van der Waals surface area contributed by atoms with Gasteiger partial charge in [0.05, 0.1) is 17.2 Å². The Bertz CT molecular complexity index is 1440. The van der Waals surface area contributed by atoms with E-state index >= 15 is 4.39 Å². The summed E-state index contributed by atoms with van der Waals surface area (Å²) < 4.78 is 29.4. The molecule has 3 nitrogen and oxygen atoms in total. The van der Waals surface area contributed by atoms with Crippen molar-refractivity contribution in [2.75, 3.05) is 5.73 Å². The third-order valence-electron chi connectivity index (χ3n) is 6.51. The van der Waals surface area contributed by atoms with Crippen LogP contribution in [0.2, 0.25) is 0 Å². The molecule has 3 aromatic rings. The van der Waals surface area contributed by atoms with Gasteiger partial charge in [0.1, 0.15) is 5.82 Å². The quantitative estimate of drug-likeness (QED) is 0.156. The maximum Gasteiger partial charge on any atom is 0.214 e. The van der Waals surface area contributed by atoms with Gasteiger partial charge in [0, 0.05) is 11.3 Å². The van der Waals surface area contributed by atoms with Gasteiger partial charge >= 0.3 is 0 Å². The van der Waals surface area contributed by atoms with E-state index in [4.69, 9.17) is 11.1 Å². The third kappa shape index (κ3) is 5.18. The zero-order valence-corrected chi connectivity index (χ0v) is 20.1. The van der Waals surface area contributed by atoms with Gasteiger partial charge < -0.3 is 5.73 Å². The first kappa shape index (κ1) is 24.8. The van der Waals surface area contributed by atoms with Crippen molar-refractivity contribution in [2.45, 2.75) is 26.2 Å². The summed E-state index contributed by atoms with van der Waals surface area (Å²) in [5.41, 5.74) is 11.8. The maximum atomic E-state index is 15.4. The topological polar surface area (TPSA) is 73.7 Å². The molecule has 180 valence electrons. The lowest BCUT2D eigenvalue weighted by Crippen LogP contribution is -2.16. The third-order valence-corrected chi connectivity index (χ3v) is 6.51. The Kier molecular flexibility index (Phi) is 7.26. The van der Waals surface area contributed by atoms with E-state index in [1.165, 1.54) is 6.07 Å². The van der Waals surface area contributed by atoms with Gasteiger partial charge in [-0.3, -0.25) is 5.41 Å². The number of nitriles is 1. The van der Waals surface area contributed by atoms with Crippen LogP contribution in [0, 0.1) is 28.5 Å². The SMILES string of the molecule is C=C(C)/C=C/c1ccc(/C(=C(\c2ccc(C#N)cc2F)C2CCC2)c2ccc(N)c(C(=N)F)c2)cc1. The predicted octanol–water partition coefficient (Wildman–Crippen LogP) is 7.92. The largest absolute Gasteiger partial charge is 0.398 e. The molecule has 1 aliphatic carbocycles. The van der Waals surface area contributed by atoms with Crippen molar-refractivity contribution in [2.24, 2.45) is 5.92 Å². The normalized spacial score (nSPS) is 14.2. The summed E-state index contributed by atoms with van der Waals surface area (Å²) in [7, 11) is 0. The van der Waals surface area contributed by atoms with Gasteiger partial charge in [-0.2, -0.15) is 9.65 Å². The molecule has 3 aromatic carbocycles. The summed E-state index contributed by atoms with van der Waals surface area (Å²) in [5.74, 6) is -1.48. The van der Waals surface area contributed by atoms with Crippen molar-refractivity contribution >= 4 is 28.9 Å². The molecular weight excluding hydrogens is 452 g/mol. The molecule has 0 aromatic heterocycles. The first-order valence-corrected chi connectivity index (χ1v) is 11.8. The molecule has 5 heteroatoms. The molecule has 3 N–H and O–H groups in total. The molecule has 0 saturated heterocycles. The molecule has 0 spiro atoms. The zero-order valence-electron chi connectivity index (χ0n) is 20.1. The molecule has 0 bridgehead atoms. The number of anilines is 1. The van der Waals surface area contributed by atoms with E-state index in [1.54, 1.807) is 30.3 Å². The summed E-state index contributed by atoms with van der Waals surface area (Å²) in [5, 5.41) is 16.8. The van der Waals surface area contributed by atoms with Gasteiger partial charge in [0.2, 0.25) is 5.97 Å². The number of nitrogens with one attached hydrogen (secondary N) is 1. The highest BCUT2D eigenvalue weighted by molar-refractivity contribution is 6.03. The standard InChI is InChI=1S/C31H27F2N3/c1-19(2)6-7-20-8-11-23(12-9-20)29(24-13-15-28(35)26(17-24)31(33)36)30(22-4-3-5-22)25-14-10-21(18-34)16-27(25)32/h6-17,22,36H,1,3-5,35H2,2H3/b7-6+,30-29+,36-31?. The molecule has 4 rings (SSSR count). The highest BCUT2D eigenvalue weighted by atomic mass is 19.1. The molecule has 1 fully saturated rings. The number of nitrogens with zero attached hydrogens (tertiary/aromatic N) is 1. The second kappa shape index (κ2) is 10.5. The molecule has 0 aliphatic heterocycles. The average Bonchev–Trinajstić information content (AvgIpc) is 2.82. The first-order chi connectivity index (χ1) is 17.3. The summed E-state index contributed by atoms with van der Waals surface area (Å²) in [4.78, 5) is 0. The highest BCUT2D eigenvalue weighted by Crippen LogP contribution is 2.46. The van der Waals surface area contributed by atoms with Crippen LogP contribution in [-0.2, 0) is 0 Å². The number of hydrogen-bond donors (Lipinski definition) is 2. The molecule has 0 atom stereocenters. The van der Waals surface area contributed by atoms with E-state index in [0.29, 0.717) is 11.1 Å². The van der Waals surface area contributed by atoms with E-state index < -0.39 is 11.8 Å². The van der Waals surface area contributed by atoms with Crippen molar-refractivity contribution in [1.82, 2.24) is 0 Å². The minimum absolute atomic E-state index is 0.000675. The zero-order chi connectivity index (χ0) is 25.8. The van der Waals surface area contributed by atoms with Gasteiger partial charge in [-0.05, 0) is 77.8 Å². The van der Waals surface area contributed by atoms with Crippen LogP contribution in [0.5, 0.6) is 0 Å². The Labute approximate surface area is 210 Å². The molecular formula is C31H27F2N3. The number of nitrogens with two attached hydrogens (primary N) is 1. The number of benzene rings is 3. The molecule has 0 radical (unpaired) electrons. The lowest BCUT2D eigenvalue weighted by molar-refractivity contribution is 0.400. The van der Waals surface area contributed by atoms with E-state index in [9.17, 15) is 9.65 Å². The molecule has 36 heavy (non-hydrogen) atoms. The summed E-state index contributed by atoms with van der Waals surface area (Å²) >= 11 is 0. The number of halogens is 2. The van der Waals surface area contributed by atoms with Gasteiger partial charge in [-0.25, -0.2) is 4.39 Å². The minimum Gasteiger partial charge on any atom is -0.398 e. The van der Waals surface area contributed by atoms with Crippen LogP contribution in [-0.4, -0.2) is 5.97 Å². The second-order valence-corrected chi connectivity index (χ2v) is 9.14. The van der Waals surface area contributed by atoms with E-state index in [2.05, 4.69) is 6.58 Å². The van der Waals surface area contributed by atoms with Crippen LogP contribution in [0.1, 0.15) is 59.6 Å². The molecule has 1 aliphatic rings. The van der Waals surface area contributed by atoms with Crippen LogP contribution in [0.15, 0.2) is 78.9 Å². The van der Waals surface area contributed by atoms with Crippen LogP contribution < -0.4 is 5.73 Å². The number of rotatable bonds is 7. The summed E-state index contributed by atoms with van der Waals surface area (Å²) in [6, 6.07) is 19.3. The van der Waals surface area contributed by atoms with Gasteiger partial charge in [0.25, 0.3) is 0 Å². The number of nitrogen functional groups attached to an aromatic ring is 1. The minimum atomic E-state index is -1.12. The molecule has 0 unspecified atom stereocenters. The van der Waals surface area contributed by atoms with E-state index in [0.717, 1.165) is 47.1 Å². The van der Waals surface area contributed by atoms with Gasteiger partial charge in [-0.1, -0.05) is 67.1 Å². The Balaban J connectivity index is 2.00. The fourth-order valence-corrected chi connectivity index (χ4v) is 4.44. The van der Waals surface area contributed by atoms with Gasteiger partial charge in [-0.15, -0.1) is 0 Å². The Hall–Kier alpha value is -4.30. The number of hydrogen-bond acceptors (Lipinski definition) is 3. The monoisotopic (exact) mass is 479 g/mol. The lowest BCUT2D eigenvalue weighted by Gasteiger charge is -2.32. The summed E-state index contributed by atoms with van der Waals surface area (Å²) in [6.45, 7) is 5.81. The van der Waals surface area contributed by atoms with Crippen LogP contribution in [0.3, 0.4) is 0 Å². The Morgan fingerprint density at radius 2 is 1.75 bits per heavy atom. The Morgan fingerprint density at radius 1 is 1.06 bits per heavy atom. The molecule has 0 heterocycles. The van der Waals surface area contributed by atoms with Crippen molar-refractivity contribution in [3.05, 3.63) is 118 Å². The smallest absolute Gasteiger partial charge is 0.214 e. The van der Waals surface area contributed by atoms with Crippen LogP contribution >= 0.6 is 0 Å². The maximum absolute atomic E-state index is 15.4.